The number of ketones is 1. The third kappa shape index (κ3) is 3.99. The molecule has 1 amide bonds. The topological polar surface area (TPSA) is 97.6 Å². The number of Topliss-reactive ketones (excluding diaryl/α,β-unsaturated/α-hetero) is 1. The molecule has 1 unspecified atom stereocenters. The molecule has 3 heterocycles. The minimum Gasteiger partial charge on any atom is -0.507 e. The Morgan fingerprint density at radius 1 is 1.16 bits per heavy atom. The maximum atomic E-state index is 13.0. The number of carbonyl (C=O) groups is 2. The highest BCUT2D eigenvalue weighted by molar-refractivity contribution is 6.46. The van der Waals surface area contributed by atoms with E-state index in [1.807, 2.05) is 17.7 Å². The zero-order valence-electron chi connectivity index (χ0n) is 17.9. The number of amides is 1. The molecule has 1 fully saturated rings. The molecule has 2 aromatic heterocycles. The van der Waals surface area contributed by atoms with Crippen LogP contribution >= 0.6 is 0 Å². The highest BCUT2D eigenvalue weighted by Crippen LogP contribution is 2.39. The van der Waals surface area contributed by atoms with Crippen LogP contribution < -0.4 is 4.74 Å². The molecule has 4 rings (SSSR count). The van der Waals surface area contributed by atoms with E-state index in [0.29, 0.717) is 36.5 Å². The summed E-state index contributed by atoms with van der Waals surface area (Å²) in [5.74, 6) is -0.906. The molecule has 8 nitrogen and oxygen atoms in total. The molecule has 0 spiro atoms. The van der Waals surface area contributed by atoms with Crippen molar-refractivity contribution in [2.45, 2.75) is 25.9 Å². The second kappa shape index (κ2) is 9.05. The van der Waals surface area contributed by atoms with E-state index in [-0.39, 0.29) is 11.3 Å². The van der Waals surface area contributed by atoms with Gasteiger partial charge in [0.15, 0.2) is 0 Å². The molecule has 1 aliphatic rings. The number of aliphatic hydroxyl groups is 1. The number of ether oxygens (including phenoxy) is 1. The number of methoxy groups -OCH3 is 1. The molecule has 1 N–H and O–H groups in total. The van der Waals surface area contributed by atoms with Crippen molar-refractivity contribution in [3.63, 3.8) is 0 Å². The average Bonchev–Trinajstić information content (AvgIpc) is 3.41. The van der Waals surface area contributed by atoms with Crippen molar-refractivity contribution in [3.8, 4) is 5.75 Å². The van der Waals surface area contributed by atoms with E-state index in [2.05, 4.69) is 9.97 Å². The number of benzene rings is 1. The largest absolute Gasteiger partial charge is 0.507 e. The number of aromatic nitrogens is 3. The molecule has 0 saturated carbocycles. The van der Waals surface area contributed by atoms with Gasteiger partial charge in [0.05, 0.1) is 24.7 Å². The Morgan fingerprint density at radius 3 is 2.66 bits per heavy atom. The number of likely N-dealkylation sites (tertiary alicyclic amines) is 1. The van der Waals surface area contributed by atoms with Crippen molar-refractivity contribution >= 4 is 17.4 Å². The second-order valence-corrected chi connectivity index (χ2v) is 7.59. The first-order valence-corrected chi connectivity index (χ1v) is 10.3. The Balaban J connectivity index is 1.72. The van der Waals surface area contributed by atoms with Crippen molar-refractivity contribution < 1.29 is 19.4 Å². The number of pyridine rings is 1. The predicted octanol–water partition coefficient (Wildman–Crippen LogP) is 3.11. The summed E-state index contributed by atoms with van der Waals surface area (Å²) in [5, 5.41) is 11.1. The van der Waals surface area contributed by atoms with Gasteiger partial charge in [0.2, 0.25) is 0 Å². The highest BCUT2D eigenvalue weighted by atomic mass is 16.5. The van der Waals surface area contributed by atoms with Crippen LogP contribution in [-0.4, -0.2) is 49.9 Å². The predicted molar refractivity (Wildman–Crippen MR) is 118 cm³/mol. The number of aryl methyl sites for hydroxylation is 2. The number of nitrogens with zero attached hydrogens (tertiary/aromatic N) is 4. The Bertz CT molecular complexity index is 1160. The first-order valence-electron chi connectivity index (χ1n) is 10.3. The summed E-state index contributed by atoms with van der Waals surface area (Å²) in [6.45, 7) is 2.83. The average molecular weight is 432 g/mol. The first-order chi connectivity index (χ1) is 15.5. The minimum atomic E-state index is -0.763. The number of hydrogen-bond acceptors (Lipinski definition) is 6. The standard InChI is InChI=1S/C24H24N4O4/c1-16-14-17(7-8-19(16)32-2)22(29)20-21(18-6-3-4-9-26-18)28(24(31)23(20)30)12-5-11-27-13-10-25-15-27/h3-4,6-10,13-15,21,29H,5,11-12H2,1-2H3/b22-20-. The lowest BCUT2D eigenvalue weighted by molar-refractivity contribution is -0.140. The summed E-state index contributed by atoms with van der Waals surface area (Å²) in [7, 11) is 1.57. The van der Waals surface area contributed by atoms with Gasteiger partial charge in [-0.3, -0.25) is 14.6 Å². The molecule has 0 radical (unpaired) electrons. The number of rotatable bonds is 7. The smallest absolute Gasteiger partial charge is 0.295 e. The van der Waals surface area contributed by atoms with Crippen LogP contribution in [0.4, 0.5) is 0 Å². The molecule has 32 heavy (non-hydrogen) atoms. The van der Waals surface area contributed by atoms with E-state index in [0.717, 1.165) is 5.56 Å². The second-order valence-electron chi connectivity index (χ2n) is 7.59. The quantitative estimate of drug-likeness (QED) is 0.350. The van der Waals surface area contributed by atoms with Crippen molar-refractivity contribution in [1.82, 2.24) is 19.4 Å². The number of carbonyl (C=O) groups excluding carboxylic acids is 2. The lowest BCUT2D eigenvalue weighted by Gasteiger charge is -2.24. The van der Waals surface area contributed by atoms with Gasteiger partial charge in [-0.25, -0.2) is 4.98 Å². The fraction of sp³-hybridized carbons (Fsp3) is 0.250. The third-order valence-electron chi connectivity index (χ3n) is 5.55. The Hall–Kier alpha value is -3.94. The SMILES string of the molecule is COc1ccc(/C(O)=C2/C(=O)C(=O)N(CCCn3ccnc3)C2c2ccccn2)cc1C. The van der Waals surface area contributed by atoms with E-state index >= 15 is 0 Å². The third-order valence-corrected chi connectivity index (χ3v) is 5.55. The van der Waals surface area contributed by atoms with Gasteiger partial charge in [0.1, 0.15) is 17.6 Å². The van der Waals surface area contributed by atoms with Crippen LogP contribution in [0.5, 0.6) is 5.75 Å². The first kappa shape index (κ1) is 21.3. The van der Waals surface area contributed by atoms with Crippen LogP contribution in [-0.2, 0) is 16.1 Å². The fourth-order valence-corrected chi connectivity index (χ4v) is 3.98. The molecule has 0 bridgehead atoms. The van der Waals surface area contributed by atoms with Gasteiger partial charge in [-0.15, -0.1) is 0 Å². The van der Waals surface area contributed by atoms with Gasteiger partial charge in [-0.2, -0.15) is 0 Å². The van der Waals surface area contributed by atoms with E-state index in [4.69, 9.17) is 4.74 Å². The summed E-state index contributed by atoms with van der Waals surface area (Å²) in [6.07, 6.45) is 7.47. The van der Waals surface area contributed by atoms with Gasteiger partial charge in [0.25, 0.3) is 11.7 Å². The molecule has 164 valence electrons. The normalized spacial score (nSPS) is 17.7. The number of aliphatic hydroxyl groups excluding tert-OH is 1. The van der Waals surface area contributed by atoms with Gasteiger partial charge in [0, 0.05) is 37.2 Å². The summed E-state index contributed by atoms with van der Waals surface area (Å²) < 4.78 is 7.19. The van der Waals surface area contributed by atoms with Crippen molar-refractivity contribution in [3.05, 3.63) is 83.7 Å². The van der Waals surface area contributed by atoms with E-state index in [1.54, 1.807) is 62.2 Å². The summed E-state index contributed by atoms with van der Waals surface area (Å²) >= 11 is 0. The minimum absolute atomic E-state index is 0.0425. The molecule has 1 aliphatic heterocycles. The summed E-state index contributed by atoms with van der Waals surface area (Å²) in [6, 6.07) is 9.68. The van der Waals surface area contributed by atoms with Crippen LogP contribution in [0.1, 0.15) is 29.3 Å². The van der Waals surface area contributed by atoms with Crippen LogP contribution in [0, 0.1) is 6.92 Å². The van der Waals surface area contributed by atoms with Gasteiger partial charge in [-0.1, -0.05) is 6.07 Å². The Kier molecular flexibility index (Phi) is 6.02. The van der Waals surface area contributed by atoms with E-state index in [1.165, 1.54) is 4.90 Å². The van der Waals surface area contributed by atoms with E-state index in [9.17, 15) is 14.7 Å². The fourth-order valence-electron chi connectivity index (χ4n) is 3.98. The summed E-state index contributed by atoms with van der Waals surface area (Å²) in [4.78, 5) is 35.9. The van der Waals surface area contributed by atoms with Crippen LogP contribution in [0.3, 0.4) is 0 Å². The monoisotopic (exact) mass is 432 g/mol. The lowest BCUT2D eigenvalue weighted by Crippen LogP contribution is -2.31. The zero-order valence-corrected chi connectivity index (χ0v) is 17.9. The maximum Gasteiger partial charge on any atom is 0.295 e. The van der Waals surface area contributed by atoms with Crippen LogP contribution in [0.15, 0.2) is 66.9 Å². The maximum absolute atomic E-state index is 13.0. The van der Waals surface area contributed by atoms with Gasteiger partial charge in [-0.05, 0) is 49.2 Å². The number of hydrogen-bond donors (Lipinski definition) is 1. The molecule has 1 atom stereocenters. The van der Waals surface area contributed by atoms with Crippen molar-refractivity contribution in [1.29, 1.82) is 0 Å². The Labute approximate surface area is 185 Å². The lowest BCUT2D eigenvalue weighted by atomic mass is 9.97. The van der Waals surface area contributed by atoms with E-state index < -0.39 is 17.7 Å². The Morgan fingerprint density at radius 2 is 2.00 bits per heavy atom. The van der Waals surface area contributed by atoms with Crippen molar-refractivity contribution in [2.24, 2.45) is 0 Å². The van der Waals surface area contributed by atoms with Gasteiger partial charge < -0.3 is 19.3 Å². The molecular formula is C24H24N4O4. The summed E-state index contributed by atoms with van der Waals surface area (Å²) in [5.41, 5.74) is 1.82. The van der Waals surface area contributed by atoms with Gasteiger partial charge >= 0.3 is 0 Å². The van der Waals surface area contributed by atoms with Crippen LogP contribution in [0.2, 0.25) is 0 Å². The number of imidazole rings is 1. The molecule has 1 saturated heterocycles. The molecule has 1 aromatic carbocycles. The molecule has 8 heteroatoms. The molecule has 0 aliphatic carbocycles. The molecular weight excluding hydrogens is 408 g/mol. The molecule has 3 aromatic rings. The van der Waals surface area contributed by atoms with Crippen LogP contribution in [0.25, 0.3) is 5.76 Å². The zero-order chi connectivity index (χ0) is 22.7. The van der Waals surface area contributed by atoms with Crippen molar-refractivity contribution in [2.75, 3.05) is 13.7 Å². The highest BCUT2D eigenvalue weighted by Gasteiger charge is 2.46.